The highest BCUT2D eigenvalue weighted by Crippen LogP contribution is 2.36. The zero-order valence-electron chi connectivity index (χ0n) is 17.1. The van der Waals surface area contributed by atoms with Crippen LogP contribution in [0.1, 0.15) is 28.2 Å². The molecule has 0 aliphatic carbocycles. The van der Waals surface area contributed by atoms with E-state index >= 15 is 0 Å². The summed E-state index contributed by atoms with van der Waals surface area (Å²) in [6.07, 6.45) is 4.87. The fraction of sp³-hybridized carbons (Fsp3) is 0.286. The Morgan fingerprint density at radius 2 is 1.91 bits per heavy atom. The van der Waals surface area contributed by atoms with Crippen LogP contribution in [0.3, 0.4) is 0 Å². The molecule has 3 aromatic rings. The fourth-order valence-corrected chi connectivity index (χ4v) is 7.25. The van der Waals surface area contributed by atoms with Gasteiger partial charge in [-0.25, -0.2) is 14.4 Å². The fourth-order valence-electron chi connectivity index (χ4n) is 4.17. The molecule has 0 spiro atoms. The van der Waals surface area contributed by atoms with E-state index in [0.29, 0.717) is 32.4 Å². The number of benzene rings is 1. The minimum Gasteiger partial charge on any atom is -0.395 e. The van der Waals surface area contributed by atoms with E-state index in [0.717, 1.165) is 40.5 Å². The molecule has 2 aliphatic heterocycles. The quantitative estimate of drug-likeness (QED) is 0.284. The van der Waals surface area contributed by atoms with Gasteiger partial charge in [-0.1, -0.05) is 0 Å². The topological polar surface area (TPSA) is 75.3 Å². The Morgan fingerprint density at radius 3 is 2.62 bits per heavy atom. The number of carbonyl (C=O) groups excluding carboxylic acids is 1. The minimum atomic E-state index is -0.480. The number of hydrogen-bond donors (Lipinski definition) is 1. The van der Waals surface area contributed by atoms with E-state index in [2.05, 4.69) is 34.4 Å². The number of nitrogens with two attached hydrogens (primary N) is 1. The first-order valence-electron chi connectivity index (χ1n) is 10.2. The maximum atomic E-state index is 14.0. The van der Waals surface area contributed by atoms with Gasteiger partial charge in [0.15, 0.2) is 0 Å². The summed E-state index contributed by atoms with van der Waals surface area (Å²) in [4.78, 5) is 27.4. The third-order valence-corrected chi connectivity index (χ3v) is 8.88. The number of pyridine rings is 1. The lowest BCUT2D eigenvalue weighted by molar-refractivity contribution is 0.0984. The molecular weight excluding hydrogens is 578 g/mol. The highest BCUT2D eigenvalue weighted by atomic mass is 127. The van der Waals surface area contributed by atoms with E-state index in [9.17, 15) is 9.18 Å². The smallest absolute Gasteiger partial charge is 0.270 e. The number of thiazole rings is 1. The molecule has 1 saturated heterocycles. The Labute approximate surface area is 207 Å². The second-order valence-corrected chi connectivity index (χ2v) is 11.2. The summed E-state index contributed by atoms with van der Waals surface area (Å²) in [5.74, 6) is 0.387. The SMILES string of the molecule is Nc1c(F)cc(P)c(N2CCc3nc(-c4cnc(N5CCCC5)c(P)c4)sc3C2=O)c1I. The first-order valence-corrected chi connectivity index (χ1v) is 13.3. The average Bonchev–Trinajstić information content (AvgIpc) is 3.44. The summed E-state index contributed by atoms with van der Waals surface area (Å²) in [7, 11) is 5.29. The molecule has 32 heavy (non-hydrogen) atoms. The second-order valence-electron chi connectivity index (χ2n) is 7.86. The molecular formula is C21H21FIN5OP2S. The van der Waals surface area contributed by atoms with Gasteiger partial charge in [0.2, 0.25) is 0 Å². The lowest BCUT2D eigenvalue weighted by atomic mass is 10.1. The van der Waals surface area contributed by atoms with Crippen molar-refractivity contribution in [2.24, 2.45) is 0 Å². The zero-order valence-corrected chi connectivity index (χ0v) is 22.4. The van der Waals surface area contributed by atoms with Gasteiger partial charge in [-0.2, -0.15) is 0 Å². The molecule has 2 atom stereocenters. The van der Waals surface area contributed by atoms with Crippen molar-refractivity contribution in [2.75, 3.05) is 35.2 Å². The molecule has 2 N–H and O–H groups in total. The first-order chi connectivity index (χ1) is 15.3. The van der Waals surface area contributed by atoms with Crippen LogP contribution in [0.4, 0.5) is 21.6 Å². The molecule has 6 nitrogen and oxygen atoms in total. The molecule has 2 aromatic heterocycles. The molecule has 0 saturated carbocycles. The second kappa shape index (κ2) is 8.75. The standard InChI is InChI=1S/C21H21FIN5OP2S/c22-11-8-13(30)17(15(23)16(11)24)28-6-3-12-18(21(28)29)32-20(26-12)10-7-14(31)19(25-9-10)27-4-1-2-5-27/h7-9H,1-6,24,30-31H2. The van der Waals surface area contributed by atoms with Gasteiger partial charge in [0.05, 0.1) is 20.6 Å². The van der Waals surface area contributed by atoms with Gasteiger partial charge in [0.25, 0.3) is 5.91 Å². The van der Waals surface area contributed by atoms with Crippen molar-refractivity contribution in [1.29, 1.82) is 0 Å². The minimum absolute atomic E-state index is 0.0625. The number of anilines is 3. The number of halogens is 2. The maximum absolute atomic E-state index is 14.0. The largest absolute Gasteiger partial charge is 0.395 e. The number of aromatic nitrogens is 2. The van der Waals surface area contributed by atoms with Gasteiger partial charge in [0.1, 0.15) is 21.5 Å². The van der Waals surface area contributed by atoms with Crippen LogP contribution < -0.4 is 26.1 Å². The Bertz CT molecular complexity index is 1250. The van der Waals surface area contributed by atoms with Crippen molar-refractivity contribution in [3.05, 3.63) is 38.3 Å². The van der Waals surface area contributed by atoms with Crippen LogP contribution in [0.25, 0.3) is 10.6 Å². The number of amides is 1. The normalized spacial score (nSPS) is 16.1. The maximum Gasteiger partial charge on any atom is 0.270 e. The van der Waals surface area contributed by atoms with E-state index in [-0.39, 0.29) is 11.6 Å². The molecule has 1 aromatic carbocycles. The van der Waals surface area contributed by atoms with Crippen molar-refractivity contribution >= 4 is 86.1 Å². The number of carbonyl (C=O) groups is 1. The summed E-state index contributed by atoms with van der Waals surface area (Å²) in [5, 5.41) is 2.43. The van der Waals surface area contributed by atoms with Gasteiger partial charge in [0, 0.05) is 43.1 Å². The molecule has 1 amide bonds. The summed E-state index contributed by atoms with van der Waals surface area (Å²) < 4.78 is 14.6. The molecule has 4 heterocycles. The molecule has 0 bridgehead atoms. The third-order valence-electron chi connectivity index (χ3n) is 5.78. The number of nitrogen functional groups attached to an aromatic ring is 1. The molecule has 11 heteroatoms. The van der Waals surface area contributed by atoms with Crippen molar-refractivity contribution in [1.82, 2.24) is 9.97 Å². The van der Waals surface area contributed by atoms with Crippen LogP contribution in [0.2, 0.25) is 0 Å². The van der Waals surface area contributed by atoms with Crippen LogP contribution in [0.15, 0.2) is 18.3 Å². The van der Waals surface area contributed by atoms with Crippen molar-refractivity contribution in [3.63, 3.8) is 0 Å². The summed E-state index contributed by atoms with van der Waals surface area (Å²) in [6, 6.07) is 3.43. The van der Waals surface area contributed by atoms with Gasteiger partial charge in [-0.05, 0) is 52.9 Å². The molecule has 5 rings (SSSR count). The first kappa shape index (κ1) is 22.4. The van der Waals surface area contributed by atoms with Crippen LogP contribution in [0.5, 0.6) is 0 Å². The third kappa shape index (κ3) is 3.81. The lowest BCUT2D eigenvalue weighted by Crippen LogP contribution is -2.39. The van der Waals surface area contributed by atoms with Gasteiger partial charge in [-0.3, -0.25) is 4.79 Å². The van der Waals surface area contributed by atoms with E-state index < -0.39 is 5.82 Å². The van der Waals surface area contributed by atoms with Crippen LogP contribution in [0, 0.1) is 9.39 Å². The van der Waals surface area contributed by atoms with Gasteiger partial charge >= 0.3 is 0 Å². The van der Waals surface area contributed by atoms with Gasteiger partial charge < -0.3 is 15.5 Å². The number of fused-ring (bicyclic) bond motifs is 1. The summed E-state index contributed by atoms with van der Waals surface area (Å²) in [6.45, 7) is 2.54. The molecule has 2 unspecified atom stereocenters. The zero-order chi connectivity index (χ0) is 22.6. The van der Waals surface area contributed by atoms with E-state index in [1.807, 2.05) is 28.8 Å². The van der Waals surface area contributed by atoms with E-state index in [1.54, 1.807) is 4.90 Å². The van der Waals surface area contributed by atoms with E-state index in [4.69, 9.17) is 10.7 Å². The van der Waals surface area contributed by atoms with Crippen LogP contribution in [-0.4, -0.2) is 35.5 Å². The Kier molecular flexibility index (Phi) is 6.12. The van der Waals surface area contributed by atoms with Crippen LogP contribution >= 0.6 is 52.4 Å². The molecule has 1 fully saturated rings. The number of hydrogen-bond acceptors (Lipinski definition) is 6. The average molecular weight is 599 g/mol. The summed E-state index contributed by atoms with van der Waals surface area (Å²) >= 11 is 3.39. The number of nitrogens with zero attached hydrogens (tertiary/aromatic N) is 4. The van der Waals surface area contributed by atoms with Crippen LogP contribution in [-0.2, 0) is 6.42 Å². The van der Waals surface area contributed by atoms with Crippen molar-refractivity contribution in [3.8, 4) is 10.6 Å². The predicted octanol–water partition coefficient (Wildman–Crippen LogP) is 3.33. The van der Waals surface area contributed by atoms with E-state index in [1.165, 1.54) is 30.2 Å². The lowest BCUT2D eigenvalue weighted by Gasteiger charge is -2.29. The van der Waals surface area contributed by atoms with Crippen molar-refractivity contribution in [2.45, 2.75) is 19.3 Å². The van der Waals surface area contributed by atoms with Crippen molar-refractivity contribution < 1.29 is 9.18 Å². The predicted molar refractivity (Wildman–Crippen MR) is 144 cm³/mol. The Hall–Kier alpha value is -1.41. The monoisotopic (exact) mass is 599 g/mol. The Morgan fingerprint density at radius 1 is 1.16 bits per heavy atom. The summed E-state index contributed by atoms with van der Waals surface area (Å²) in [5.41, 5.74) is 8.31. The Balaban J connectivity index is 1.47. The number of rotatable bonds is 3. The molecule has 2 aliphatic rings. The van der Waals surface area contributed by atoms with Gasteiger partial charge in [-0.15, -0.1) is 29.8 Å². The highest BCUT2D eigenvalue weighted by Gasteiger charge is 2.32. The highest BCUT2D eigenvalue weighted by molar-refractivity contribution is 14.1. The molecule has 166 valence electrons. The molecule has 0 radical (unpaired) electrons.